The minimum Gasteiger partial charge on any atom is -0.388 e. The van der Waals surface area contributed by atoms with Gasteiger partial charge in [-0.05, 0) is 98.0 Å². The lowest BCUT2D eigenvalue weighted by Crippen LogP contribution is -2.52. The first-order valence-corrected chi connectivity index (χ1v) is 28.7. The molecule has 83 heavy (non-hydrogen) atoms. The molecule has 440 valence electrons. The third-order valence-corrected chi connectivity index (χ3v) is 14.7. The summed E-state index contributed by atoms with van der Waals surface area (Å²) < 4.78 is 0. The van der Waals surface area contributed by atoms with Crippen LogP contribution in [0.1, 0.15) is 68.2 Å². The number of nitrogens with one attached hydrogen (secondary N) is 6. The Morgan fingerprint density at radius 2 is 1.00 bits per heavy atom. The first-order chi connectivity index (χ1) is 40.2. The van der Waals surface area contributed by atoms with E-state index in [-0.39, 0.29) is 76.6 Å². The first kappa shape index (κ1) is 61.8. The van der Waals surface area contributed by atoms with Crippen LogP contribution < -0.4 is 16.4 Å². The molecule has 0 saturated heterocycles. The van der Waals surface area contributed by atoms with Crippen molar-refractivity contribution in [3.05, 3.63) is 138 Å². The molecule has 21 nitrogen and oxygen atoms in total. The number of aromatic nitrogens is 4. The Kier molecular flexibility index (Phi) is 23.4. The van der Waals surface area contributed by atoms with Crippen LogP contribution in [0.2, 0.25) is 0 Å². The third-order valence-electron chi connectivity index (χ3n) is 14.7. The van der Waals surface area contributed by atoms with Gasteiger partial charge in [-0.25, -0.2) is 0 Å². The number of H-pyrrole nitrogens is 3. The van der Waals surface area contributed by atoms with E-state index in [0.29, 0.717) is 63.6 Å². The number of benzene rings is 3. The first-order valence-electron chi connectivity index (χ1n) is 28.7. The highest BCUT2D eigenvalue weighted by atomic mass is 16.2. The number of likely N-dealkylation sites (N-methyl/N-ethyl adjacent to an activating group) is 1. The summed E-state index contributed by atoms with van der Waals surface area (Å²) in [6.07, 6.45) is 13.2. The molecule has 0 aliphatic heterocycles. The van der Waals surface area contributed by atoms with Gasteiger partial charge in [0.25, 0.3) is 0 Å². The van der Waals surface area contributed by atoms with Crippen molar-refractivity contribution in [1.82, 2.24) is 60.0 Å². The van der Waals surface area contributed by atoms with E-state index in [2.05, 4.69) is 30.6 Å². The minimum absolute atomic E-state index is 0.0137. The van der Waals surface area contributed by atoms with Crippen LogP contribution in [0.15, 0.2) is 116 Å². The van der Waals surface area contributed by atoms with Gasteiger partial charge in [0.1, 0.15) is 6.54 Å². The van der Waals surface area contributed by atoms with Crippen LogP contribution in [-0.4, -0.2) is 189 Å². The normalized spacial score (nSPS) is 11.2. The molecule has 8 N–H and O–H groups in total. The van der Waals surface area contributed by atoms with E-state index in [4.69, 9.17) is 11.1 Å². The van der Waals surface area contributed by atoms with Crippen LogP contribution >= 0.6 is 0 Å². The Labute approximate surface area is 484 Å². The van der Waals surface area contributed by atoms with Crippen molar-refractivity contribution in [1.29, 1.82) is 5.41 Å². The van der Waals surface area contributed by atoms with Crippen LogP contribution in [0, 0.1) is 5.41 Å². The SMILES string of the molecule is CCCNC(=O)CN(CCc1c[nH]c2ccccc12)C(=O)CN(CCC)C(=O)CN(CCc1c[nH]c2ccccc12)C(=O)CN(C)C(=O)CN(Cc1cccnc1)C(=O)CN(CCc1c[nH]c2ccccc12)C(=O)CNCCCCC(=N)N. The molecule has 21 heteroatoms. The van der Waals surface area contributed by atoms with Crippen molar-refractivity contribution >= 4 is 79.9 Å². The molecule has 0 fully saturated rings. The van der Waals surface area contributed by atoms with E-state index < -0.39 is 49.2 Å². The quantitative estimate of drug-likeness (QED) is 0.0161. The van der Waals surface area contributed by atoms with E-state index in [0.717, 1.165) is 55.8 Å². The Bertz CT molecular complexity index is 3300. The van der Waals surface area contributed by atoms with Gasteiger partial charge in [-0.2, -0.15) is 0 Å². The molecule has 4 heterocycles. The molecule has 0 saturated carbocycles. The number of para-hydroxylation sites is 3. The molecule has 4 aromatic heterocycles. The standard InChI is InChI=1S/C62H80N14O7/c1-4-26-67-56(77)39-73(30-23-46-34-68-52-19-9-6-16-49(46)52)61(82)42-72(29-5-2)60(81)43-75(32-25-48-36-70-54-21-11-8-18-51(48)54)59(80)40-71(3)58(79)41-76(38-45-15-14-28-65-33-45)62(83)44-74(57(78)37-66-27-13-12-22-55(63)64)31-24-47-35-69-53-20-10-7-17-50(47)53/h6-11,14-21,28,33-36,66,68-70H,4-5,12-13,22-27,29-32,37-44H2,1-3H3,(H3,63,64)(H,67,77). The fourth-order valence-corrected chi connectivity index (χ4v) is 9.99. The second-order valence-corrected chi connectivity index (χ2v) is 21.0. The highest BCUT2D eigenvalue weighted by molar-refractivity contribution is 5.93. The van der Waals surface area contributed by atoms with E-state index in [1.165, 1.54) is 36.4 Å². The number of rotatable bonds is 34. The summed E-state index contributed by atoms with van der Waals surface area (Å²) >= 11 is 0. The number of amidine groups is 1. The molecule has 7 rings (SSSR count). The van der Waals surface area contributed by atoms with Crippen molar-refractivity contribution in [2.75, 3.05) is 92.1 Å². The molecule has 0 aliphatic rings. The molecule has 0 bridgehead atoms. The topological polar surface area (TPSA) is 273 Å². The monoisotopic (exact) mass is 1130 g/mol. The Balaban J connectivity index is 1.06. The fourth-order valence-electron chi connectivity index (χ4n) is 9.99. The number of aromatic amines is 3. The number of carbonyl (C=O) groups is 7. The average molecular weight is 1130 g/mol. The molecule has 0 spiro atoms. The Morgan fingerprint density at radius 1 is 0.530 bits per heavy atom. The maximum Gasteiger partial charge on any atom is 0.242 e. The van der Waals surface area contributed by atoms with Gasteiger partial charge in [-0.1, -0.05) is 74.5 Å². The van der Waals surface area contributed by atoms with Crippen LogP contribution in [0.25, 0.3) is 32.7 Å². The number of nitrogens with zero attached hydrogens (tertiary/aromatic N) is 7. The van der Waals surface area contributed by atoms with Crippen LogP contribution in [0.3, 0.4) is 0 Å². The van der Waals surface area contributed by atoms with Gasteiger partial charge in [0.2, 0.25) is 41.4 Å². The fraction of sp³-hybridized carbons (Fsp3) is 0.403. The highest BCUT2D eigenvalue weighted by Gasteiger charge is 2.29. The second kappa shape index (κ2) is 31.4. The van der Waals surface area contributed by atoms with E-state index in [1.54, 1.807) is 24.5 Å². The second-order valence-electron chi connectivity index (χ2n) is 21.0. The van der Waals surface area contributed by atoms with Gasteiger partial charge in [0.05, 0.1) is 45.1 Å². The number of hydrogen-bond donors (Lipinski definition) is 7. The van der Waals surface area contributed by atoms with Gasteiger partial charge in [-0.3, -0.25) is 44.0 Å². The molecular formula is C62H80N14O7. The van der Waals surface area contributed by atoms with Crippen molar-refractivity contribution in [2.24, 2.45) is 5.73 Å². The molecule has 0 atom stereocenters. The van der Waals surface area contributed by atoms with Crippen molar-refractivity contribution in [3.63, 3.8) is 0 Å². The zero-order chi connectivity index (χ0) is 59.1. The van der Waals surface area contributed by atoms with E-state index >= 15 is 0 Å². The molecule has 0 radical (unpaired) electrons. The van der Waals surface area contributed by atoms with Crippen LogP contribution in [-0.2, 0) is 59.4 Å². The van der Waals surface area contributed by atoms with Crippen molar-refractivity contribution in [3.8, 4) is 0 Å². The lowest BCUT2D eigenvalue weighted by atomic mass is 10.1. The number of nitrogens with two attached hydrogens (primary N) is 1. The van der Waals surface area contributed by atoms with Gasteiger partial charge in [0, 0.05) is 116 Å². The van der Waals surface area contributed by atoms with Crippen LogP contribution in [0.5, 0.6) is 0 Å². The molecule has 0 aliphatic carbocycles. The Hall–Kier alpha value is -8.85. The number of hydrogen-bond acceptors (Lipinski definition) is 10. The largest absolute Gasteiger partial charge is 0.388 e. The lowest BCUT2D eigenvalue weighted by molar-refractivity contribution is -0.147. The smallest absolute Gasteiger partial charge is 0.242 e. The highest BCUT2D eigenvalue weighted by Crippen LogP contribution is 2.22. The van der Waals surface area contributed by atoms with Gasteiger partial charge >= 0.3 is 0 Å². The summed E-state index contributed by atoms with van der Waals surface area (Å²) in [7, 11) is 1.47. The maximum atomic E-state index is 14.7. The van der Waals surface area contributed by atoms with Gasteiger partial charge < -0.3 is 60.7 Å². The molecule has 7 amide bonds. The number of unbranched alkanes of at least 4 members (excludes halogenated alkanes) is 1. The molecule has 7 aromatic rings. The summed E-state index contributed by atoms with van der Waals surface area (Å²) in [5, 5.41) is 16.5. The lowest BCUT2D eigenvalue weighted by Gasteiger charge is -2.31. The summed E-state index contributed by atoms with van der Waals surface area (Å²) in [6, 6.07) is 27.0. The van der Waals surface area contributed by atoms with E-state index in [9.17, 15) is 33.6 Å². The molecule has 3 aromatic carbocycles. The molecule has 0 unspecified atom stereocenters. The summed E-state index contributed by atoms with van der Waals surface area (Å²) in [5.74, 6) is -2.99. The summed E-state index contributed by atoms with van der Waals surface area (Å²) in [5.41, 5.74) is 11.9. The van der Waals surface area contributed by atoms with Gasteiger partial charge in [-0.15, -0.1) is 0 Å². The van der Waals surface area contributed by atoms with Crippen molar-refractivity contribution in [2.45, 2.75) is 71.8 Å². The molecular weight excluding hydrogens is 1050 g/mol. The zero-order valence-electron chi connectivity index (χ0n) is 48.1. The summed E-state index contributed by atoms with van der Waals surface area (Å²) in [4.78, 5) is 122. The van der Waals surface area contributed by atoms with Gasteiger partial charge in [0.15, 0.2) is 0 Å². The van der Waals surface area contributed by atoms with Crippen LogP contribution in [0.4, 0.5) is 0 Å². The zero-order valence-corrected chi connectivity index (χ0v) is 48.1. The maximum absolute atomic E-state index is 14.7. The van der Waals surface area contributed by atoms with E-state index in [1.807, 2.05) is 105 Å². The summed E-state index contributed by atoms with van der Waals surface area (Å²) in [6.45, 7) is 3.34. The Morgan fingerprint density at radius 3 is 1.49 bits per heavy atom. The van der Waals surface area contributed by atoms with Crippen molar-refractivity contribution < 1.29 is 33.6 Å². The number of pyridine rings is 1. The number of fused-ring (bicyclic) bond motifs is 3. The minimum atomic E-state index is -0.559. The number of carbonyl (C=O) groups excluding carboxylic acids is 7. The number of amides is 7. The average Bonchev–Trinajstić information content (AvgIpc) is 4.32. The third kappa shape index (κ3) is 18.3. The predicted octanol–water partition coefficient (Wildman–Crippen LogP) is 4.99. The predicted molar refractivity (Wildman–Crippen MR) is 322 cm³/mol.